The number of benzene rings is 1. The summed E-state index contributed by atoms with van der Waals surface area (Å²) >= 11 is 5.90. The number of esters is 1. The molecule has 1 aromatic carbocycles. The number of halogens is 1. The Morgan fingerprint density at radius 3 is 2.64 bits per heavy atom. The quantitative estimate of drug-likeness (QED) is 0.637. The van der Waals surface area contributed by atoms with Crippen molar-refractivity contribution in [3.8, 4) is 22.6 Å². The van der Waals surface area contributed by atoms with Crippen LogP contribution in [0.15, 0.2) is 42.9 Å². The van der Waals surface area contributed by atoms with Crippen molar-refractivity contribution in [1.29, 1.82) is 0 Å². The van der Waals surface area contributed by atoms with Gasteiger partial charge >= 0.3 is 5.97 Å². The second-order valence-corrected chi connectivity index (χ2v) is 6.34. The summed E-state index contributed by atoms with van der Waals surface area (Å²) < 4.78 is 6.13. The molecule has 0 unspecified atom stereocenters. The fourth-order valence-electron chi connectivity index (χ4n) is 2.55. The Morgan fingerprint density at radius 2 is 1.96 bits per heavy atom. The van der Waals surface area contributed by atoms with Gasteiger partial charge in [0, 0.05) is 34.1 Å². The molecule has 0 saturated carbocycles. The first kappa shape index (κ1) is 19.4. The van der Waals surface area contributed by atoms with Crippen LogP contribution in [-0.2, 0) is 9.53 Å². The van der Waals surface area contributed by atoms with Gasteiger partial charge in [-0.1, -0.05) is 11.6 Å². The first-order chi connectivity index (χ1) is 13.4. The van der Waals surface area contributed by atoms with Crippen LogP contribution in [0.2, 0.25) is 5.02 Å². The number of amides is 1. The molecule has 2 heterocycles. The summed E-state index contributed by atoms with van der Waals surface area (Å²) in [7, 11) is 1.22. The van der Waals surface area contributed by atoms with Crippen LogP contribution in [0.1, 0.15) is 16.1 Å². The number of rotatable bonds is 5. The van der Waals surface area contributed by atoms with Crippen LogP contribution < -0.4 is 5.32 Å². The van der Waals surface area contributed by atoms with E-state index in [0.717, 1.165) is 11.3 Å². The normalized spacial score (nSPS) is 10.5. The van der Waals surface area contributed by atoms with Gasteiger partial charge in [0.1, 0.15) is 12.3 Å². The predicted molar refractivity (Wildman–Crippen MR) is 103 cm³/mol. The molecule has 0 atom stereocenters. The second kappa shape index (κ2) is 8.10. The van der Waals surface area contributed by atoms with E-state index in [1.165, 1.54) is 13.3 Å². The number of methoxy groups -OCH3 is 1. The van der Waals surface area contributed by atoms with Gasteiger partial charge in [-0.2, -0.15) is 5.10 Å². The van der Waals surface area contributed by atoms with Crippen molar-refractivity contribution in [3.05, 3.63) is 59.1 Å². The van der Waals surface area contributed by atoms with Gasteiger partial charge in [0.15, 0.2) is 5.69 Å². The molecule has 9 heteroatoms. The van der Waals surface area contributed by atoms with Gasteiger partial charge in [0.25, 0.3) is 5.91 Å². The maximum absolute atomic E-state index is 12.1. The van der Waals surface area contributed by atoms with E-state index >= 15 is 0 Å². The van der Waals surface area contributed by atoms with Crippen LogP contribution in [0.4, 0.5) is 0 Å². The van der Waals surface area contributed by atoms with E-state index in [4.69, 9.17) is 11.6 Å². The van der Waals surface area contributed by atoms with Crippen molar-refractivity contribution >= 4 is 23.5 Å². The van der Waals surface area contributed by atoms with E-state index < -0.39 is 11.9 Å². The van der Waals surface area contributed by atoms with Crippen molar-refractivity contribution in [2.75, 3.05) is 13.7 Å². The number of ether oxygens (including phenoxy) is 1. The van der Waals surface area contributed by atoms with E-state index in [0.29, 0.717) is 16.1 Å². The smallest absolute Gasteiger partial charge is 0.325 e. The number of carbonyl (C=O) groups excluding carboxylic acids is 2. The van der Waals surface area contributed by atoms with Gasteiger partial charge in [0.05, 0.1) is 19.0 Å². The highest BCUT2D eigenvalue weighted by Gasteiger charge is 2.19. The zero-order chi connectivity index (χ0) is 20.3. The summed E-state index contributed by atoms with van der Waals surface area (Å²) in [5, 5.41) is 17.7. The van der Waals surface area contributed by atoms with E-state index in [2.05, 4.69) is 20.1 Å². The lowest BCUT2D eigenvalue weighted by atomic mass is 10.0. The van der Waals surface area contributed by atoms with E-state index in [1.807, 2.05) is 12.1 Å². The molecular weight excluding hydrogens is 384 g/mol. The Balaban J connectivity index is 1.86. The topological polar surface area (TPSA) is 106 Å². The number of aromatic hydroxyl groups is 1. The molecule has 0 bridgehead atoms. The third kappa shape index (κ3) is 3.96. The lowest BCUT2D eigenvalue weighted by molar-refractivity contribution is -0.139. The standard InChI is InChI=1S/C19H17ClN4O4/c1-11-15(8-21-17(18(11)26)19(27)22-9-16(25)28-2)12-7-23-24(10-12)14-5-3-13(20)4-6-14/h3-8,10,26H,9H2,1-2H3,(H,22,27). The zero-order valence-corrected chi connectivity index (χ0v) is 15.9. The van der Waals surface area contributed by atoms with Gasteiger partial charge in [-0.15, -0.1) is 0 Å². The summed E-state index contributed by atoms with van der Waals surface area (Å²) in [5.74, 6) is -1.54. The Bertz CT molecular complexity index is 1030. The number of nitrogens with zero attached hydrogens (tertiary/aromatic N) is 3. The summed E-state index contributed by atoms with van der Waals surface area (Å²) in [6.45, 7) is 1.36. The third-order valence-electron chi connectivity index (χ3n) is 4.13. The molecule has 0 radical (unpaired) electrons. The van der Waals surface area contributed by atoms with Crippen molar-refractivity contribution in [2.24, 2.45) is 0 Å². The molecule has 0 fully saturated rings. The number of nitrogens with one attached hydrogen (secondary N) is 1. The van der Waals surface area contributed by atoms with Gasteiger partial charge in [-0.05, 0) is 31.2 Å². The van der Waals surface area contributed by atoms with Gasteiger partial charge in [-0.25, -0.2) is 9.67 Å². The minimum atomic E-state index is -0.672. The number of aromatic nitrogens is 3. The molecule has 3 aromatic rings. The fourth-order valence-corrected chi connectivity index (χ4v) is 2.68. The second-order valence-electron chi connectivity index (χ2n) is 5.90. The maximum atomic E-state index is 12.1. The highest BCUT2D eigenvalue weighted by Crippen LogP contribution is 2.31. The highest BCUT2D eigenvalue weighted by molar-refractivity contribution is 6.30. The van der Waals surface area contributed by atoms with Crippen molar-refractivity contribution in [1.82, 2.24) is 20.1 Å². The van der Waals surface area contributed by atoms with E-state index in [9.17, 15) is 14.7 Å². The average molecular weight is 401 g/mol. The number of hydrogen-bond donors (Lipinski definition) is 2. The van der Waals surface area contributed by atoms with Crippen LogP contribution >= 0.6 is 11.6 Å². The zero-order valence-electron chi connectivity index (χ0n) is 15.1. The molecule has 144 valence electrons. The molecule has 2 N–H and O–H groups in total. The van der Waals surface area contributed by atoms with Crippen LogP contribution in [0.25, 0.3) is 16.8 Å². The van der Waals surface area contributed by atoms with Crippen molar-refractivity contribution in [3.63, 3.8) is 0 Å². The highest BCUT2D eigenvalue weighted by atomic mass is 35.5. The first-order valence-corrected chi connectivity index (χ1v) is 8.63. The molecule has 2 aromatic heterocycles. The Labute approximate surface area is 165 Å². The monoisotopic (exact) mass is 400 g/mol. The van der Waals surface area contributed by atoms with Gasteiger partial charge in [-0.3, -0.25) is 9.59 Å². The largest absolute Gasteiger partial charge is 0.505 e. The minimum Gasteiger partial charge on any atom is -0.505 e. The van der Waals surface area contributed by atoms with Crippen molar-refractivity contribution in [2.45, 2.75) is 6.92 Å². The molecule has 3 rings (SSSR count). The molecule has 28 heavy (non-hydrogen) atoms. The summed E-state index contributed by atoms with van der Waals surface area (Å²) in [6, 6.07) is 7.18. The van der Waals surface area contributed by atoms with Crippen LogP contribution in [0, 0.1) is 6.92 Å². The molecular formula is C19H17ClN4O4. The SMILES string of the molecule is COC(=O)CNC(=O)c1ncc(-c2cnn(-c3ccc(Cl)cc3)c2)c(C)c1O. The lowest BCUT2D eigenvalue weighted by Gasteiger charge is -2.10. The third-order valence-corrected chi connectivity index (χ3v) is 4.38. The number of carbonyl (C=O) groups is 2. The molecule has 8 nitrogen and oxygen atoms in total. The maximum Gasteiger partial charge on any atom is 0.325 e. The van der Waals surface area contributed by atoms with Gasteiger partial charge in [0.2, 0.25) is 0 Å². The first-order valence-electron chi connectivity index (χ1n) is 8.25. The lowest BCUT2D eigenvalue weighted by Crippen LogP contribution is -2.30. The number of pyridine rings is 1. The summed E-state index contributed by atoms with van der Waals surface area (Å²) in [4.78, 5) is 27.3. The van der Waals surface area contributed by atoms with E-state index in [1.54, 1.807) is 36.1 Å². The predicted octanol–water partition coefficient (Wildman–Crippen LogP) is 2.50. The molecule has 0 aliphatic rings. The Hall–Kier alpha value is -3.39. The Morgan fingerprint density at radius 1 is 1.25 bits per heavy atom. The summed E-state index contributed by atoms with van der Waals surface area (Å²) in [6.07, 6.45) is 4.89. The molecule has 0 saturated heterocycles. The fraction of sp³-hybridized carbons (Fsp3) is 0.158. The molecule has 0 aliphatic carbocycles. The van der Waals surface area contributed by atoms with Gasteiger partial charge < -0.3 is 15.2 Å². The van der Waals surface area contributed by atoms with Crippen LogP contribution in [0.5, 0.6) is 5.75 Å². The molecule has 1 amide bonds. The average Bonchev–Trinajstić information content (AvgIpc) is 3.18. The Kier molecular flexibility index (Phi) is 5.60. The minimum absolute atomic E-state index is 0.171. The van der Waals surface area contributed by atoms with Crippen LogP contribution in [0.3, 0.4) is 0 Å². The molecule has 0 spiro atoms. The summed E-state index contributed by atoms with van der Waals surface area (Å²) in [5.41, 5.74) is 2.47. The van der Waals surface area contributed by atoms with Crippen molar-refractivity contribution < 1.29 is 19.4 Å². The van der Waals surface area contributed by atoms with E-state index in [-0.39, 0.29) is 18.0 Å². The molecule has 0 aliphatic heterocycles. The van der Waals surface area contributed by atoms with Crippen LogP contribution in [-0.4, -0.2) is 45.4 Å². The number of hydrogen-bond acceptors (Lipinski definition) is 6.